The van der Waals surface area contributed by atoms with Gasteiger partial charge in [-0.15, -0.1) is 11.3 Å². The largest absolute Gasteiger partial charge is 0.396 e. The fraction of sp³-hybridized carbons (Fsp3) is 0.640. The Morgan fingerprint density at radius 2 is 1.71 bits per heavy atom. The molecular formula is C25H35NOS. The Balaban J connectivity index is 1.42. The Bertz CT molecular complexity index is 775. The van der Waals surface area contributed by atoms with Gasteiger partial charge in [-0.05, 0) is 79.9 Å². The summed E-state index contributed by atoms with van der Waals surface area (Å²) >= 11 is 1.87. The Morgan fingerprint density at radius 3 is 2.46 bits per heavy atom. The van der Waals surface area contributed by atoms with E-state index in [9.17, 15) is 0 Å². The smallest absolute Gasteiger partial charge is 0.0963 e. The number of aliphatic hydroxyl groups is 1. The molecule has 0 bridgehead atoms. The highest BCUT2D eigenvalue weighted by atomic mass is 32.1. The lowest BCUT2D eigenvalue weighted by Crippen LogP contribution is -2.13. The molecule has 2 aliphatic rings. The van der Waals surface area contributed by atoms with E-state index in [2.05, 4.69) is 37.4 Å². The standard InChI is InChI=1S/C25H35NOS/c1-17-6-7-18(2)23-15-21(12-13-22(17)23)24-16-28-25(26-24)20-10-8-19(9-11-20)5-3-4-14-27/h12-13,15-20,27H,3-11,14H2,1-2H3. The maximum absolute atomic E-state index is 8.97. The Labute approximate surface area is 174 Å². The fourth-order valence-corrected chi connectivity index (χ4v) is 6.27. The zero-order valence-electron chi connectivity index (χ0n) is 17.5. The lowest BCUT2D eigenvalue weighted by Gasteiger charge is -2.28. The van der Waals surface area contributed by atoms with Crippen LogP contribution in [0.3, 0.4) is 0 Å². The first-order valence-corrected chi connectivity index (χ1v) is 12.2. The average molecular weight is 398 g/mol. The minimum Gasteiger partial charge on any atom is -0.396 e. The Hall–Kier alpha value is -1.19. The average Bonchev–Trinajstić information content (AvgIpc) is 3.22. The number of benzene rings is 1. The SMILES string of the molecule is CC1CCC(C)c2cc(-c3csc(C4CCC(CCCCO)CC4)n3)ccc21. The van der Waals surface area contributed by atoms with Gasteiger partial charge in [0.15, 0.2) is 0 Å². The molecule has 2 aliphatic carbocycles. The third-order valence-corrected chi connectivity index (χ3v) is 8.22. The molecule has 3 heteroatoms. The minimum absolute atomic E-state index is 0.345. The summed E-state index contributed by atoms with van der Waals surface area (Å²) in [7, 11) is 0. The number of nitrogens with zero attached hydrogens (tertiary/aromatic N) is 1. The van der Waals surface area contributed by atoms with Crippen LogP contribution in [0, 0.1) is 5.92 Å². The molecule has 1 aromatic carbocycles. The van der Waals surface area contributed by atoms with E-state index in [1.807, 2.05) is 11.3 Å². The number of thiazole rings is 1. The van der Waals surface area contributed by atoms with Crippen LogP contribution in [0.5, 0.6) is 0 Å². The van der Waals surface area contributed by atoms with Crippen LogP contribution in [-0.4, -0.2) is 16.7 Å². The maximum Gasteiger partial charge on any atom is 0.0963 e. The zero-order valence-corrected chi connectivity index (χ0v) is 18.3. The van der Waals surface area contributed by atoms with Crippen LogP contribution < -0.4 is 0 Å². The summed E-state index contributed by atoms with van der Waals surface area (Å²) < 4.78 is 0. The summed E-state index contributed by atoms with van der Waals surface area (Å²) in [5.74, 6) is 2.89. The van der Waals surface area contributed by atoms with Crippen LogP contribution in [0.4, 0.5) is 0 Å². The zero-order chi connectivity index (χ0) is 19.5. The first-order chi connectivity index (χ1) is 13.7. The van der Waals surface area contributed by atoms with Crippen LogP contribution in [0.1, 0.15) is 106 Å². The van der Waals surface area contributed by atoms with Crippen molar-refractivity contribution in [2.45, 2.75) is 89.4 Å². The summed E-state index contributed by atoms with van der Waals surface area (Å²) in [6.07, 6.45) is 11.3. The van der Waals surface area contributed by atoms with E-state index >= 15 is 0 Å². The molecule has 2 atom stereocenters. The van der Waals surface area contributed by atoms with Gasteiger partial charge in [-0.1, -0.05) is 38.8 Å². The van der Waals surface area contributed by atoms with E-state index in [1.54, 1.807) is 11.1 Å². The number of hydrogen-bond donors (Lipinski definition) is 1. The van der Waals surface area contributed by atoms with Gasteiger partial charge in [0.05, 0.1) is 10.7 Å². The fourth-order valence-electron chi connectivity index (χ4n) is 5.27. The van der Waals surface area contributed by atoms with Gasteiger partial charge in [0.25, 0.3) is 0 Å². The molecule has 1 N–H and O–H groups in total. The third kappa shape index (κ3) is 4.36. The first-order valence-electron chi connectivity index (χ1n) is 11.4. The number of hydrogen-bond acceptors (Lipinski definition) is 3. The summed E-state index contributed by atoms with van der Waals surface area (Å²) in [6, 6.07) is 7.08. The van der Waals surface area contributed by atoms with Gasteiger partial charge in [-0.3, -0.25) is 0 Å². The van der Waals surface area contributed by atoms with Crippen molar-refractivity contribution >= 4 is 11.3 Å². The maximum atomic E-state index is 8.97. The molecule has 0 amide bonds. The lowest BCUT2D eigenvalue weighted by molar-refractivity contribution is 0.261. The van der Waals surface area contributed by atoms with Gasteiger partial charge >= 0.3 is 0 Å². The number of aliphatic hydroxyl groups excluding tert-OH is 1. The third-order valence-electron chi connectivity index (χ3n) is 7.22. The van der Waals surface area contributed by atoms with Crippen LogP contribution >= 0.6 is 11.3 Å². The van der Waals surface area contributed by atoms with Gasteiger partial charge in [0, 0.05) is 23.5 Å². The van der Waals surface area contributed by atoms with E-state index in [0.29, 0.717) is 24.4 Å². The highest BCUT2D eigenvalue weighted by Crippen LogP contribution is 2.42. The number of unbranched alkanes of at least 4 members (excludes halogenated alkanes) is 1. The lowest BCUT2D eigenvalue weighted by atomic mass is 9.77. The van der Waals surface area contributed by atoms with Gasteiger partial charge in [0.1, 0.15) is 0 Å². The molecule has 0 aliphatic heterocycles. The van der Waals surface area contributed by atoms with E-state index in [1.165, 1.54) is 67.6 Å². The van der Waals surface area contributed by atoms with Crippen molar-refractivity contribution in [2.24, 2.45) is 5.92 Å². The summed E-state index contributed by atoms with van der Waals surface area (Å²) in [6.45, 7) is 5.09. The van der Waals surface area contributed by atoms with Crippen molar-refractivity contribution in [3.05, 3.63) is 39.7 Å². The molecule has 152 valence electrons. The predicted octanol–water partition coefficient (Wildman–Crippen LogP) is 7.25. The van der Waals surface area contributed by atoms with E-state index < -0.39 is 0 Å². The Kier molecular flexibility index (Phi) is 6.52. The molecular weight excluding hydrogens is 362 g/mol. The van der Waals surface area contributed by atoms with Crippen LogP contribution in [-0.2, 0) is 0 Å². The summed E-state index contributed by atoms with van der Waals surface area (Å²) in [4.78, 5) is 5.08. The van der Waals surface area contributed by atoms with E-state index in [0.717, 1.165) is 12.3 Å². The highest BCUT2D eigenvalue weighted by molar-refractivity contribution is 7.10. The summed E-state index contributed by atoms with van der Waals surface area (Å²) in [5.41, 5.74) is 5.59. The number of fused-ring (bicyclic) bond motifs is 1. The van der Waals surface area contributed by atoms with Crippen molar-refractivity contribution in [1.82, 2.24) is 4.98 Å². The molecule has 0 saturated heterocycles. The second-order valence-corrected chi connectivity index (χ2v) is 10.1. The van der Waals surface area contributed by atoms with E-state index in [-0.39, 0.29) is 0 Å². The number of aromatic nitrogens is 1. The van der Waals surface area contributed by atoms with Crippen molar-refractivity contribution in [2.75, 3.05) is 6.61 Å². The predicted molar refractivity (Wildman–Crippen MR) is 119 cm³/mol. The first kappa shape index (κ1) is 20.1. The van der Waals surface area contributed by atoms with Crippen molar-refractivity contribution < 1.29 is 5.11 Å². The molecule has 0 spiro atoms. The van der Waals surface area contributed by atoms with Crippen molar-refractivity contribution in [3.8, 4) is 11.3 Å². The number of rotatable bonds is 6. The van der Waals surface area contributed by atoms with Crippen LogP contribution in [0.25, 0.3) is 11.3 Å². The monoisotopic (exact) mass is 397 g/mol. The second-order valence-electron chi connectivity index (χ2n) is 9.23. The molecule has 1 fully saturated rings. The molecule has 1 heterocycles. The van der Waals surface area contributed by atoms with Gasteiger partial charge in [-0.25, -0.2) is 4.98 Å². The van der Waals surface area contributed by atoms with Gasteiger partial charge in [0.2, 0.25) is 0 Å². The molecule has 28 heavy (non-hydrogen) atoms. The molecule has 1 saturated carbocycles. The molecule has 4 rings (SSSR count). The molecule has 2 aromatic rings. The topological polar surface area (TPSA) is 33.1 Å². The second kappa shape index (κ2) is 9.09. The highest BCUT2D eigenvalue weighted by Gasteiger charge is 2.25. The molecule has 1 aromatic heterocycles. The normalized spacial score (nSPS) is 27.5. The van der Waals surface area contributed by atoms with Crippen LogP contribution in [0.15, 0.2) is 23.6 Å². The molecule has 2 unspecified atom stereocenters. The van der Waals surface area contributed by atoms with Crippen molar-refractivity contribution in [3.63, 3.8) is 0 Å². The van der Waals surface area contributed by atoms with Crippen LogP contribution in [0.2, 0.25) is 0 Å². The van der Waals surface area contributed by atoms with E-state index in [4.69, 9.17) is 10.1 Å². The van der Waals surface area contributed by atoms with Gasteiger partial charge < -0.3 is 5.11 Å². The van der Waals surface area contributed by atoms with Gasteiger partial charge in [-0.2, -0.15) is 0 Å². The Morgan fingerprint density at radius 1 is 0.964 bits per heavy atom. The minimum atomic E-state index is 0.345. The molecule has 0 radical (unpaired) electrons. The quantitative estimate of drug-likeness (QED) is 0.521. The molecule has 2 nitrogen and oxygen atoms in total. The summed E-state index contributed by atoms with van der Waals surface area (Å²) in [5, 5.41) is 12.6. The van der Waals surface area contributed by atoms with Crippen molar-refractivity contribution in [1.29, 1.82) is 0 Å².